The molecule has 22 heavy (non-hydrogen) atoms. The Labute approximate surface area is 132 Å². The van der Waals surface area contributed by atoms with E-state index >= 15 is 0 Å². The van der Waals surface area contributed by atoms with Crippen LogP contribution in [-0.2, 0) is 9.53 Å². The Hall–Kier alpha value is -2.10. The van der Waals surface area contributed by atoms with Crippen LogP contribution in [0.25, 0.3) is 6.08 Å². The third kappa shape index (κ3) is 5.35. The van der Waals surface area contributed by atoms with Crippen molar-refractivity contribution in [1.29, 1.82) is 0 Å². The maximum absolute atomic E-state index is 12.2. The molecule has 0 aliphatic rings. The van der Waals surface area contributed by atoms with Crippen molar-refractivity contribution in [3.05, 3.63) is 41.0 Å². The van der Waals surface area contributed by atoms with E-state index in [2.05, 4.69) is 12.2 Å². The Balaban J connectivity index is 2.99. The minimum atomic E-state index is -0.328. The first-order chi connectivity index (χ1) is 10.6. The number of ether oxygens (including phenoxy) is 1. The lowest BCUT2D eigenvalue weighted by atomic mass is 10.0. The first-order valence-electron chi connectivity index (χ1n) is 7.88. The average molecular weight is 303 g/mol. The standard InChI is InChI=1S/C18H25NO3/c1-4-7-12-19-17(20)16-11-9-8-10-15(16)13-14(5-2)18(21)22-6-3/h8-11,13H,4-7,12H2,1-3H3,(H,19,20). The number of hydrogen-bond acceptors (Lipinski definition) is 3. The van der Waals surface area contributed by atoms with E-state index in [4.69, 9.17) is 4.74 Å². The first kappa shape index (κ1) is 18.0. The second kappa shape index (κ2) is 9.77. The van der Waals surface area contributed by atoms with E-state index in [1.165, 1.54) is 0 Å². The molecule has 1 amide bonds. The van der Waals surface area contributed by atoms with Gasteiger partial charge in [0.05, 0.1) is 6.61 Å². The van der Waals surface area contributed by atoms with Gasteiger partial charge in [0.15, 0.2) is 0 Å². The van der Waals surface area contributed by atoms with Crippen LogP contribution in [0.4, 0.5) is 0 Å². The normalized spacial score (nSPS) is 11.1. The molecule has 0 radical (unpaired) electrons. The molecule has 0 saturated carbocycles. The van der Waals surface area contributed by atoms with Crippen molar-refractivity contribution < 1.29 is 14.3 Å². The van der Waals surface area contributed by atoms with Gasteiger partial charge in [-0.15, -0.1) is 0 Å². The third-order valence-electron chi connectivity index (χ3n) is 3.27. The molecule has 1 N–H and O–H groups in total. The molecule has 0 unspecified atom stereocenters. The highest BCUT2D eigenvalue weighted by atomic mass is 16.5. The predicted molar refractivity (Wildman–Crippen MR) is 88.6 cm³/mol. The number of nitrogens with one attached hydrogen (secondary N) is 1. The van der Waals surface area contributed by atoms with E-state index in [1.54, 1.807) is 19.1 Å². The first-order valence-corrected chi connectivity index (χ1v) is 7.88. The fourth-order valence-corrected chi connectivity index (χ4v) is 2.02. The van der Waals surface area contributed by atoms with Gasteiger partial charge in [-0.1, -0.05) is 38.5 Å². The largest absolute Gasteiger partial charge is 0.463 e. The lowest BCUT2D eigenvalue weighted by Crippen LogP contribution is -2.25. The van der Waals surface area contributed by atoms with Crippen LogP contribution >= 0.6 is 0 Å². The summed E-state index contributed by atoms with van der Waals surface area (Å²) in [6.45, 7) is 6.75. The Morgan fingerprint density at radius 1 is 1.18 bits per heavy atom. The lowest BCUT2D eigenvalue weighted by Gasteiger charge is -2.09. The minimum Gasteiger partial charge on any atom is -0.463 e. The van der Waals surface area contributed by atoms with Crippen molar-refractivity contribution in [3.63, 3.8) is 0 Å². The summed E-state index contributed by atoms with van der Waals surface area (Å²) < 4.78 is 5.04. The second-order valence-electron chi connectivity index (χ2n) is 4.94. The monoisotopic (exact) mass is 303 g/mol. The summed E-state index contributed by atoms with van der Waals surface area (Å²) in [5.74, 6) is -0.439. The van der Waals surface area contributed by atoms with Crippen LogP contribution in [0.5, 0.6) is 0 Å². The highest BCUT2D eigenvalue weighted by Crippen LogP contribution is 2.16. The van der Waals surface area contributed by atoms with E-state index in [9.17, 15) is 9.59 Å². The third-order valence-corrected chi connectivity index (χ3v) is 3.27. The molecule has 120 valence electrons. The number of benzene rings is 1. The number of amides is 1. The zero-order valence-electron chi connectivity index (χ0n) is 13.6. The number of esters is 1. The van der Waals surface area contributed by atoms with Crippen molar-refractivity contribution in [3.8, 4) is 0 Å². The van der Waals surface area contributed by atoms with E-state index in [-0.39, 0.29) is 11.9 Å². The predicted octanol–water partition coefficient (Wildman–Crippen LogP) is 3.57. The quantitative estimate of drug-likeness (QED) is 0.454. The molecule has 0 heterocycles. The summed E-state index contributed by atoms with van der Waals surface area (Å²) in [4.78, 5) is 24.1. The van der Waals surface area contributed by atoms with E-state index in [0.717, 1.165) is 18.4 Å². The van der Waals surface area contributed by atoms with E-state index in [0.29, 0.717) is 30.7 Å². The molecule has 0 aromatic heterocycles. The molecular weight excluding hydrogens is 278 g/mol. The summed E-state index contributed by atoms with van der Waals surface area (Å²) in [5.41, 5.74) is 1.88. The van der Waals surface area contributed by atoms with Gasteiger partial charge >= 0.3 is 5.97 Å². The molecule has 0 saturated heterocycles. The van der Waals surface area contributed by atoms with Crippen LogP contribution < -0.4 is 5.32 Å². The molecule has 4 heteroatoms. The fourth-order valence-electron chi connectivity index (χ4n) is 2.02. The average Bonchev–Trinajstić information content (AvgIpc) is 2.53. The number of carbonyl (C=O) groups excluding carboxylic acids is 2. The van der Waals surface area contributed by atoms with Crippen molar-refractivity contribution in [2.24, 2.45) is 0 Å². The van der Waals surface area contributed by atoms with Gasteiger partial charge in [0.25, 0.3) is 5.91 Å². The van der Waals surface area contributed by atoms with Crippen LogP contribution in [0.1, 0.15) is 56.0 Å². The van der Waals surface area contributed by atoms with Gasteiger partial charge in [0.2, 0.25) is 0 Å². The molecule has 1 aromatic carbocycles. The van der Waals surface area contributed by atoms with Gasteiger partial charge in [-0.25, -0.2) is 4.79 Å². The van der Waals surface area contributed by atoms with Crippen LogP contribution in [-0.4, -0.2) is 25.0 Å². The van der Waals surface area contributed by atoms with Gasteiger partial charge in [-0.3, -0.25) is 4.79 Å². The van der Waals surface area contributed by atoms with E-state index in [1.807, 2.05) is 25.1 Å². The van der Waals surface area contributed by atoms with Crippen molar-refractivity contribution in [2.45, 2.75) is 40.0 Å². The maximum Gasteiger partial charge on any atom is 0.333 e. The molecule has 0 aliphatic carbocycles. The molecule has 0 atom stereocenters. The van der Waals surface area contributed by atoms with Crippen molar-refractivity contribution in [2.75, 3.05) is 13.2 Å². The number of rotatable bonds is 8. The Morgan fingerprint density at radius 3 is 2.55 bits per heavy atom. The van der Waals surface area contributed by atoms with Crippen molar-refractivity contribution in [1.82, 2.24) is 5.32 Å². The Bertz CT molecular complexity index is 535. The van der Waals surface area contributed by atoms with Crippen LogP contribution in [0.2, 0.25) is 0 Å². The summed E-state index contributed by atoms with van der Waals surface area (Å²) in [6.07, 6.45) is 4.29. The molecule has 1 rings (SSSR count). The molecule has 0 aliphatic heterocycles. The zero-order chi connectivity index (χ0) is 16.4. The minimum absolute atomic E-state index is 0.111. The molecule has 0 bridgehead atoms. The van der Waals surface area contributed by atoms with Crippen molar-refractivity contribution >= 4 is 18.0 Å². The Morgan fingerprint density at radius 2 is 1.91 bits per heavy atom. The van der Waals surface area contributed by atoms with Crippen LogP contribution in [0, 0.1) is 0 Å². The SMILES string of the molecule is CCCCNC(=O)c1ccccc1C=C(CC)C(=O)OCC. The van der Waals surface area contributed by atoms with Gasteiger partial charge in [0.1, 0.15) is 0 Å². The van der Waals surface area contributed by atoms with Gasteiger partial charge in [0, 0.05) is 17.7 Å². The summed E-state index contributed by atoms with van der Waals surface area (Å²) in [5, 5.41) is 2.90. The highest BCUT2D eigenvalue weighted by molar-refractivity contribution is 6.00. The van der Waals surface area contributed by atoms with Gasteiger partial charge < -0.3 is 10.1 Å². The zero-order valence-corrected chi connectivity index (χ0v) is 13.6. The summed E-state index contributed by atoms with van der Waals surface area (Å²) in [6, 6.07) is 7.28. The van der Waals surface area contributed by atoms with Crippen LogP contribution in [0.3, 0.4) is 0 Å². The molecule has 4 nitrogen and oxygen atoms in total. The van der Waals surface area contributed by atoms with E-state index < -0.39 is 0 Å². The smallest absolute Gasteiger partial charge is 0.333 e. The number of carbonyl (C=O) groups is 2. The second-order valence-corrected chi connectivity index (χ2v) is 4.94. The van der Waals surface area contributed by atoms with Gasteiger partial charge in [-0.05, 0) is 37.5 Å². The molecule has 1 aromatic rings. The number of unbranched alkanes of at least 4 members (excludes halogenated alkanes) is 1. The number of hydrogen-bond donors (Lipinski definition) is 1. The summed E-state index contributed by atoms with van der Waals surface area (Å²) in [7, 11) is 0. The molecule has 0 spiro atoms. The molecule has 0 fully saturated rings. The topological polar surface area (TPSA) is 55.4 Å². The maximum atomic E-state index is 12.2. The van der Waals surface area contributed by atoms with Gasteiger partial charge in [-0.2, -0.15) is 0 Å². The fraction of sp³-hybridized carbons (Fsp3) is 0.444. The van der Waals surface area contributed by atoms with Crippen LogP contribution in [0.15, 0.2) is 29.8 Å². The lowest BCUT2D eigenvalue weighted by molar-refractivity contribution is -0.138. The molecular formula is C18H25NO3. The highest BCUT2D eigenvalue weighted by Gasteiger charge is 2.12. The Kier molecular flexibility index (Phi) is 7.97. The summed E-state index contributed by atoms with van der Waals surface area (Å²) >= 11 is 0.